The fourth-order valence-electron chi connectivity index (χ4n) is 4.06. The van der Waals surface area contributed by atoms with Gasteiger partial charge in [0, 0.05) is 23.7 Å². The van der Waals surface area contributed by atoms with Gasteiger partial charge >= 0.3 is 0 Å². The van der Waals surface area contributed by atoms with Crippen molar-refractivity contribution in [2.75, 3.05) is 11.1 Å². The summed E-state index contributed by atoms with van der Waals surface area (Å²) in [6, 6.07) is 16.9. The van der Waals surface area contributed by atoms with E-state index in [1.54, 1.807) is 61.6 Å². The number of aromatic nitrogens is 2. The predicted octanol–water partition coefficient (Wildman–Crippen LogP) is 3.75. The molecule has 168 valence electrons. The highest BCUT2D eigenvalue weighted by atomic mass is 32.2. The largest absolute Gasteiger partial charge is 0.325 e. The van der Waals surface area contributed by atoms with E-state index < -0.39 is 0 Å². The van der Waals surface area contributed by atoms with Gasteiger partial charge in [0.05, 0.1) is 27.9 Å². The fraction of sp³-hybridized carbons (Fsp3) is 0.115. The average molecular weight is 470 g/mol. The molecule has 1 N–H and O–H groups in total. The summed E-state index contributed by atoms with van der Waals surface area (Å²) >= 11 is 1.12. The number of carbonyl (C=O) groups is 3. The lowest BCUT2D eigenvalue weighted by Gasteiger charge is -2.20. The van der Waals surface area contributed by atoms with E-state index in [1.165, 1.54) is 4.57 Å². The predicted molar refractivity (Wildman–Crippen MR) is 131 cm³/mol. The molecule has 4 aromatic rings. The van der Waals surface area contributed by atoms with Crippen molar-refractivity contribution >= 4 is 45.8 Å². The van der Waals surface area contributed by atoms with Crippen LogP contribution in [0.25, 0.3) is 10.9 Å². The number of aryl methyl sites for hydroxylation is 1. The molecule has 0 saturated carbocycles. The van der Waals surface area contributed by atoms with Crippen LogP contribution >= 0.6 is 11.8 Å². The van der Waals surface area contributed by atoms with Crippen molar-refractivity contribution in [3.63, 3.8) is 0 Å². The van der Waals surface area contributed by atoms with E-state index in [4.69, 9.17) is 0 Å². The van der Waals surface area contributed by atoms with Crippen molar-refractivity contribution in [3.8, 4) is 0 Å². The number of amides is 1. The number of hydrogen-bond donors (Lipinski definition) is 1. The number of rotatable bonds is 4. The van der Waals surface area contributed by atoms with Crippen LogP contribution in [0.5, 0.6) is 0 Å². The van der Waals surface area contributed by atoms with Gasteiger partial charge in [-0.15, -0.1) is 0 Å². The average Bonchev–Trinajstić information content (AvgIpc) is 2.84. The van der Waals surface area contributed by atoms with Gasteiger partial charge in [-0.05, 0) is 25.1 Å². The van der Waals surface area contributed by atoms with Crippen LogP contribution in [-0.4, -0.2) is 32.8 Å². The Morgan fingerprint density at radius 1 is 0.941 bits per heavy atom. The Balaban J connectivity index is 1.39. The van der Waals surface area contributed by atoms with E-state index >= 15 is 0 Å². The van der Waals surface area contributed by atoms with E-state index in [0.29, 0.717) is 27.2 Å². The van der Waals surface area contributed by atoms with Crippen molar-refractivity contribution < 1.29 is 14.4 Å². The van der Waals surface area contributed by atoms with Crippen LogP contribution in [0.1, 0.15) is 37.4 Å². The number of carbonyl (C=O) groups excluding carboxylic acids is 3. The number of fused-ring (bicyclic) bond motifs is 3. The molecular formula is C26H19N3O4S. The van der Waals surface area contributed by atoms with Crippen molar-refractivity contribution in [2.45, 2.75) is 12.1 Å². The van der Waals surface area contributed by atoms with E-state index in [0.717, 1.165) is 17.3 Å². The molecule has 34 heavy (non-hydrogen) atoms. The zero-order valence-electron chi connectivity index (χ0n) is 18.4. The number of hydrogen-bond acceptors (Lipinski definition) is 6. The van der Waals surface area contributed by atoms with Gasteiger partial charge in [0.1, 0.15) is 0 Å². The first-order valence-corrected chi connectivity index (χ1v) is 11.5. The normalized spacial score (nSPS) is 12.4. The highest BCUT2D eigenvalue weighted by Gasteiger charge is 2.31. The molecule has 1 aromatic heterocycles. The second kappa shape index (κ2) is 8.39. The van der Waals surface area contributed by atoms with E-state index in [-0.39, 0.29) is 45.6 Å². The Hall–Kier alpha value is -4.04. The number of ketones is 2. The Labute approximate surface area is 198 Å². The van der Waals surface area contributed by atoms with Crippen molar-refractivity contribution in [1.29, 1.82) is 0 Å². The number of nitrogens with one attached hydrogen (secondary N) is 1. The topological polar surface area (TPSA) is 98.1 Å². The van der Waals surface area contributed by atoms with Gasteiger partial charge in [-0.3, -0.25) is 23.7 Å². The molecule has 0 fully saturated rings. The molecule has 0 bridgehead atoms. The molecule has 0 saturated heterocycles. The molecule has 0 aliphatic heterocycles. The summed E-state index contributed by atoms with van der Waals surface area (Å²) in [5.41, 5.74) is 2.77. The van der Waals surface area contributed by atoms with Gasteiger partial charge in [-0.1, -0.05) is 59.8 Å². The van der Waals surface area contributed by atoms with Gasteiger partial charge in [-0.25, -0.2) is 4.98 Å². The SMILES string of the molecule is Cc1ccc2nc(SCC(=O)Nc3cccc4c3C(=O)c3ccccc3C4=O)n(C)c(=O)c2c1. The van der Waals surface area contributed by atoms with Gasteiger partial charge < -0.3 is 5.32 Å². The summed E-state index contributed by atoms with van der Waals surface area (Å²) in [7, 11) is 1.62. The number of nitrogens with zero attached hydrogens (tertiary/aromatic N) is 2. The summed E-state index contributed by atoms with van der Waals surface area (Å²) in [5, 5.41) is 3.69. The highest BCUT2D eigenvalue weighted by molar-refractivity contribution is 7.99. The smallest absolute Gasteiger partial charge is 0.261 e. The van der Waals surface area contributed by atoms with Crippen LogP contribution in [-0.2, 0) is 11.8 Å². The van der Waals surface area contributed by atoms with Gasteiger partial charge in [0.2, 0.25) is 5.91 Å². The molecule has 1 aliphatic rings. The van der Waals surface area contributed by atoms with Gasteiger partial charge in [-0.2, -0.15) is 0 Å². The molecular weight excluding hydrogens is 450 g/mol. The lowest BCUT2D eigenvalue weighted by atomic mass is 9.83. The summed E-state index contributed by atoms with van der Waals surface area (Å²) in [6.07, 6.45) is 0. The lowest BCUT2D eigenvalue weighted by Crippen LogP contribution is -2.25. The first-order chi connectivity index (χ1) is 16.3. The summed E-state index contributed by atoms with van der Waals surface area (Å²) < 4.78 is 1.42. The summed E-state index contributed by atoms with van der Waals surface area (Å²) in [5.74, 6) is -0.959. The minimum absolute atomic E-state index is 0.0277. The second-order valence-corrected chi connectivity index (χ2v) is 8.99. The molecule has 1 amide bonds. The molecule has 0 spiro atoms. The van der Waals surface area contributed by atoms with Crippen LogP contribution in [0, 0.1) is 6.92 Å². The first-order valence-electron chi connectivity index (χ1n) is 10.6. The quantitative estimate of drug-likeness (QED) is 0.318. The van der Waals surface area contributed by atoms with E-state index in [1.807, 2.05) is 13.0 Å². The zero-order valence-corrected chi connectivity index (χ0v) is 19.2. The third kappa shape index (κ3) is 3.62. The minimum atomic E-state index is -0.379. The minimum Gasteiger partial charge on any atom is -0.325 e. The molecule has 0 atom stereocenters. The molecule has 3 aromatic carbocycles. The molecule has 1 aliphatic carbocycles. The fourth-order valence-corrected chi connectivity index (χ4v) is 4.83. The molecule has 0 radical (unpaired) electrons. The maximum absolute atomic E-state index is 13.1. The summed E-state index contributed by atoms with van der Waals surface area (Å²) in [6.45, 7) is 1.91. The molecule has 5 rings (SSSR count). The maximum atomic E-state index is 13.1. The van der Waals surface area contributed by atoms with Crippen LogP contribution in [0.15, 0.2) is 70.6 Å². The molecule has 1 heterocycles. The Bertz CT molecular complexity index is 1590. The van der Waals surface area contributed by atoms with Crippen LogP contribution in [0.4, 0.5) is 5.69 Å². The second-order valence-electron chi connectivity index (χ2n) is 8.05. The van der Waals surface area contributed by atoms with Crippen molar-refractivity contribution in [2.24, 2.45) is 7.05 Å². The third-order valence-corrected chi connectivity index (χ3v) is 6.78. The van der Waals surface area contributed by atoms with E-state index in [9.17, 15) is 19.2 Å². The molecule has 8 heteroatoms. The molecule has 0 unspecified atom stereocenters. The standard InChI is InChI=1S/C26H19N3O4S/c1-14-10-11-19-18(12-14)25(33)29(2)26(28-19)34-13-21(30)27-20-9-5-8-17-22(20)24(32)16-7-4-3-6-15(16)23(17)31/h3-12H,13H2,1-2H3,(H,27,30). The van der Waals surface area contributed by atoms with Crippen LogP contribution in [0.3, 0.4) is 0 Å². The first kappa shape index (κ1) is 21.8. The van der Waals surface area contributed by atoms with Crippen molar-refractivity contribution in [1.82, 2.24) is 9.55 Å². The maximum Gasteiger partial charge on any atom is 0.261 e. The Morgan fingerprint density at radius 3 is 2.41 bits per heavy atom. The zero-order chi connectivity index (χ0) is 24.0. The molecule has 7 nitrogen and oxygen atoms in total. The number of thioether (sulfide) groups is 1. The Kier molecular flexibility index (Phi) is 5.37. The van der Waals surface area contributed by atoms with Crippen LogP contribution < -0.4 is 10.9 Å². The van der Waals surface area contributed by atoms with Crippen LogP contribution in [0.2, 0.25) is 0 Å². The van der Waals surface area contributed by atoms with Gasteiger partial charge in [0.25, 0.3) is 5.56 Å². The third-order valence-electron chi connectivity index (χ3n) is 5.75. The monoisotopic (exact) mass is 469 g/mol. The van der Waals surface area contributed by atoms with Crippen molar-refractivity contribution in [3.05, 3.63) is 98.8 Å². The summed E-state index contributed by atoms with van der Waals surface area (Å²) in [4.78, 5) is 56.0. The number of benzene rings is 3. The number of anilines is 1. The highest BCUT2D eigenvalue weighted by Crippen LogP contribution is 2.32. The lowest BCUT2D eigenvalue weighted by molar-refractivity contribution is -0.113. The Morgan fingerprint density at radius 2 is 1.65 bits per heavy atom. The van der Waals surface area contributed by atoms with E-state index in [2.05, 4.69) is 10.3 Å². The van der Waals surface area contributed by atoms with Gasteiger partial charge in [0.15, 0.2) is 16.7 Å².